The first kappa shape index (κ1) is 17.8. The van der Waals surface area contributed by atoms with Crippen LogP contribution in [0.3, 0.4) is 0 Å². The van der Waals surface area contributed by atoms with Crippen molar-refractivity contribution in [2.75, 3.05) is 0 Å². The topological polar surface area (TPSA) is 73.8 Å². The first-order chi connectivity index (χ1) is 13.7. The maximum Gasteiger partial charge on any atom is 0.263 e. The second kappa shape index (κ2) is 7.31. The Morgan fingerprint density at radius 2 is 2.25 bits per heavy atom. The second-order valence-corrected chi connectivity index (χ2v) is 9.27. The van der Waals surface area contributed by atoms with Crippen LogP contribution in [0, 0.1) is 0 Å². The van der Waals surface area contributed by atoms with Crippen LogP contribution in [0.15, 0.2) is 50.0 Å². The van der Waals surface area contributed by atoms with Gasteiger partial charge in [0.15, 0.2) is 11.0 Å². The zero-order valence-electron chi connectivity index (χ0n) is 14.8. The Balaban J connectivity index is 1.51. The van der Waals surface area contributed by atoms with Crippen molar-refractivity contribution in [2.45, 2.75) is 36.2 Å². The molecule has 9 heteroatoms. The molecule has 142 valence electrons. The van der Waals surface area contributed by atoms with Gasteiger partial charge in [0.25, 0.3) is 5.56 Å². The minimum atomic E-state index is -0.0381. The third kappa shape index (κ3) is 3.23. The summed E-state index contributed by atoms with van der Waals surface area (Å²) in [6.07, 6.45) is 3.96. The SMILES string of the molecule is C=CCn1c(SCc2noc(C3CC3)n2)nc2scc(-c3cccs3)c2c1=O. The van der Waals surface area contributed by atoms with Crippen LogP contribution < -0.4 is 5.56 Å². The van der Waals surface area contributed by atoms with Crippen molar-refractivity contribution >= 4 is 44.7 Å². The normalized spacial score (nSPS) is 14.0. The zero-order valence-corrected chi connectivity index (χ0v) is 17.3. The van der Waals surface area contributed by atoms with E-state index in [0.29, 0.717) is 34.6 Å². The smallest absolute Gasteiger partial charge is 0.263 e. The molecule has 1 aliphatic carbocycles. The standard InChI is InChI=1S/C19H16N4O2S3/c1-2-7-23-18(24)15-12(13-4-3-8-26-13)9-27-17(15)21-19(23)28-10-14-20-16(25-22-14)11-5-6-11/h2-4,8-9,11H,1,5-7,10H2. The van der Waals surface area contributed by atoms with Crippen molar-refractivity contribution in [2.24, 2.45) is 0 Å². The summed E-state index contributed by atoms with van der Waals surface area (Å²) in [4.78, 5) is 24.3. The third-order valence-corrected chi connectivity index (χ3v) is 7.25. The summed E-state index contributed by atoms with van der Waals surface area (Å²) >= 11 is 4.57. The van der Waals surface area contributed by atoms with E-state index in [0.717, 1.165) is 34.0 Å². The number of rotatable bonds is 7. The number of nitrogens with zero attached hydrogens (tertiary/aromatic N) is 4. The fraction of sp³-hybridized carbons (Fsp3) is 0.263. The molecule has 0 N–H and O–H groups in total. The number of fused-ring (bicyclic) bond motifs is 1. The minimum absolute atomic E-state index is 0.0381. The monoisotopic (exact) mass is 428 g/mol. The fourth-order valence-corrected chi connectivity index (χ4v) is 5.62. The molecule has 1 fully saturated rings. The number of hydrogen-bond acceptors (Lipinski definition) is 8. The van der Waals surface area contributed by atoms with E-state index in [9.17, 15) is 4.79 Å². The largest absolute Gasteiger partial charge is 0.339 e. The Hall–Kier alpha value is -2.23. The maximum absolute atomic E-state index is 13.3. The molecule has 28 heavy (non-hydrogen) atoms. The summed E-state index contributed by atoms with van der Waals surface area (Å²) in [6.45, 7) is 4.20. The van der Waals surface area contributed by atoms with E-state index in [-0.39, 0.29) is 5.56 Å². The zero-order chi connectivity index (χ0) is 19.1. The summed E-state index contributed by atoms with van der Waals surface area (Å²) in [7, 11) is 0. The molecule has 0 radical (unpaired) electrons. The van der Waals surface area contributed by atoms with Crippen LogP contribution in [0.5, 0.6) is 0 Å². The van der Waals surface area contributed by atoms with E-state index in [1.807, 2.05) is 22.9 Å². The Morgan fingerprint density at radius 1 is 1.36 bits per heavy atom. The average Bonchev–Trinajstić information content (AvgIpc) is 3.12. The number of thiophene rings is 2. The quantitative estimate of drug-likeness (QED) is 0.236. The van der Waals surface area contributed by atoms with Crippen molar-refractivity contribution in [3.05, 3.63) is 57.6 Å². The van der Waals surface area contributed by atoms with Gasteiger partial charge in [0.2, 0.25) is 5.89 Å². The molecule has 6 nitrogen and oxygen atoms in total. The van der Waals surface area contributed by atoms with Crippen LogP contribution >= 0.6 is 34.4 Å². The van der Waals surface area contributed by atoms with Gasteiger partial charge < -0.3 is 4.52 Å². The average molecular weight is 429 g/mol. The first-order valence-electron chi connectivity index (χ1n) is 8.86. The van der Waals surface area contributed by atoms with Crippen LogP contribution in [0.2, 0.25) is 0 Å². The van der Waals surface area contributed by atoms with Gasteiger partial charge in [0.1, 0.15) is 4.83 Å². The maximum atomic E-state index is 13.3. The second-order valence-electron chi connectivity index (χ2n) is 6.52. The van der Waals surface area contributed by atoms with E-state index >= 15 is 0 Å². The van der Waals surface area contributed by atoms with Crippen molar-refractivity contribution in [1.29, 1.82) is 0 Å². The summed E-state index contributed by atoms with van der Waals surface area (Å²) in [6, 6.07) is 4.02. The Kier molecular flexibility index (Phi) is 4.65. The van der Waals surface area contributed by atoms with Gasteiger partial charge in [0.05, 0.1) is 11.1 Å². The molecule has 0 saturated heterocycles. The molecule has 4 aromatic rings. The molecular formula is C19H16N4O2S3. The Labute approximate surface area is 172 Å². The van der Waals surface area contributed by atoms with E-state index in [4.69, 9.17) is 9.51 Å². The molecule has 4 heterocycles. The predicted octanol–water partition coefficient (Wildman–Crippen LogP) is 4.93. The molecule has 0 aliphatic heterocycles. The number of allylic oxidation sites excluding steroid dienone is 1. The molecule has 1 saturated carbocycles. The van der Waals surface area contributed by atoms with Gasteiger partial charge in [-0.2, -0.15) is 4.98 Å². The highest BCUT2D eigenvalue weighted by Gasteiger charge is 2.29. The van der Waals surface area contributed by atoms with Crippen LogP contribution in [0.4, 0.5) is 0 Å². The van der Waals surface area contributed by atoms with E-state index in [1.54, 1.807) is 22.0 Å². The van der Waals surface area contributed by atoms with E-state index < -0.39 is 0 Å². The van der Waals surface area contributed by atoms with Gasteiger partial charge in [-0.1, -0.05) is 29.1 Å². The summed E-state index contributed by atoms with van der Waals surface area (Å²) in [5.41, 5.74) is 0.915. The third-order valence-electron chi connectivity index (χ3n) is 4.50. The molecule has 4 aromatic heterocycles. The highest BCUT2D eigenvalue weighted by atomic mass is 32.2. The molecule has 0 spiro atoms. The van der Waals surface area contributed by atoms with Crippen LogP contribution in [-0.2, 0) is 12.3 Å². The molecule has 0 amide bonds. The molecule has 0 atom stereocenters. The van der Waals surface area contributed by atoms with Crippen LogP contribution in [-0.4, -0.2) is 19.7 Å². The molecule has 0 bridgehead atoms. The van der Waals surface area contributed by atoms with E-state index in [2.05, 4.69) is 16.7 Å². The first-order valence-corrected chi connectivity index (χ1v) is 11.6. The van der Waals surface area contributed by atoms with Crippen molar-refractivity contribution in [3.8, 4) is 10.4 Å². The van der Waals surface area contributed by atoms with Crippen molar-refractivity contribution in [3.63, 3.8) is 0 Å². The molecule has 5 rings (SSSR count). The molecule has 0 unspecified atom stereocenters. The van der Waals surface area contributed by atoms with Gasteiger partial charge in [-0.15, -0.1) is 29.3 Å². The predicted molar refractivity (Wildman–Crippen MR) is 113 cm³/mol. The summed E-state index contributed by atoms with van der Waals surface area (Å²) < 4.78 is 6.99. The lowest BCUT2D eigenvalue weighted by atomic mass is 10.2. The Morgan fingerprint density at radius 3 is 3.00 bits per heavy atom. The summed E-state index contributed by atoms with van der Waals surface area (Å²) in [5, 5.41) is 9.40. The molecule has 0 aromatic carbocycles. The minimum Gasteiger partial charge on any atom is -0.339 e. The summed E-state index contributed by atoms with van der Waals surface area (Å²) in [5.74, 6) is 2.30. The molecule has 1 aliphatic rings. The van der Waals surface area contributed by atoms with Gasteiger partial charge in [0, 0.05) is 28.3 Å². The lowest BCUT2D eigenvalue weighted by molar-refractivity contribution is 0.375. The van der Waals surface area contributed by atoms with Gasteiger partial charge in [-0.25, -0.2) is 4.98 Å². The van der Waals surface area contributed by atoms with Crippen LogP contribution in [0.1, 0.15) is 30.5 Å². The highest BCUT2D eigenvalue weighted by molar-refractivity contribution is 7.98. The lowest BCUT2D eigenvalue weighted by Gasteiger charge is -2.09. The van der Waals surface area contributed by atoms with E-state index in [1.165, 1.54) is 23.1 Å². The fourth-order valence-electron chi connectivity index (χ4n) is 2.97. The number of aromatic nitrogens is 4. The van der Waals surface area contributed by atoms with Crippen molar-refractivity contribution < 1.29 is 4.52 Å². The van der Waals surface area contributed by atoms with Crippen molar-refractivity contribution in [1.82, 2.24) is 19.7 Å². The molecular weight excluding hydrogens is 412 g/mol. The van der Waals surface area contributed by atoms with Gasteiger partial charge in [-0.05, 0) is 24.3 Å². The van der Waals surface area contributed by atoms with Gasteiger partial charge in [-0.3, -0.25) is 9.36 Å². The Bertz CT molecular complexity index is 1200. The highest BCUT2D eigenvalue weighted by Crippen LogP contribution is 2.39. The number of thioether (sulfide) groups is 1. The lowest BCUT2D eigenvalue weighted by Crippen LogP contribution is -2.22. The van der Waals surface area contributed by atoms with Gasteiger partial charge >= 0.3 is 0 Å². The number of hydrogen-bond donors (Lipinski definition) is 0. The van der Waals surface area contributed by atoms with Crippen LogP contribution in [0.25, 0.3) is 20.7 Å².